The lowest BCUT2D eigenvalue weighted by atomic mass is 9.92. The predicted molar refractivity (Wildman–Crippen MR) is 72.6 cm³/mol. The molecule has 3 heterocycles. The predicted octanol–water partition coefficient (Wildman–Crippen LogP) is 1.48. The molecule has 0 radical (unpaired) electrons. The summed E-state index contributed by atoms with van der Waals surface area (Å²) in [6.07, 6.45) is -0.733. The van der Waals surface area contributed by atoms with Crippen molar-refractivity contribution in [3.8, 4) is 0 Å². The van der Waals surface area contributed by atoms with Crippen molar-refractivity contribution in [2.45, 2.75) is 26.0 Å². The molecule has 2 atom stereocenters. The molecule has 104 valence electrons. The molecule has 3 fully saturated rings. The summed E-state index contributed by atoms with van der Waals surface area (Å²) >= 11 is 0. The molecule has 19 heavy (non-hydrogen) atoms. The summed E-state index contributed by atoms with van der Waals surface area (Å²) in [7, 11) is 0. The van der Waals surface area contributed by atoms with Gasteiger partial charge in [0.15, 0.2) is 0 Å². The van der Waals surface area contributed by atoms with Crippen molar-refractivity contribution in [2.75, 3.05) is 32.7 Å². The standard InChI is InChI=1S/C15H21FN2O/c1-10-7-11(2)14(12(16)8-10)15(19)13-9-17-3-5-18(13)6-4-17/h7-8,13,15,19H,3-6,9H2,1-2H3. The largest absolute Gasteiger partial charge is 0.387 e. The van der Waals surface area contributed by atoms with E-state index in [1.54, 1.807) is 0 Å². The van der Waals surface area contributed by atoms with E-state index in [4.69, 9.17) is 0 Å². The molecule has 4 heteroatoms. The summed E-state index contributed by atoms with van der Waals surface area (Å²) in [5.74, 6) is -0.275. The van der Waals surface area contributed by atoms with Crippen LogP contribution in [-0.2, 0) is 0 Å². The molecule has 2 unspecified atom stereocenters. The zero-order chi connectivity index (χ0) is 13.6. The van der Waals surface area contributed by atoms with Crippen LogP contribution in [0.3, 0.4) is 0 Å². The molecule has 1 N–H and O–H groups in total. The number of fused-ring (bicyclic) bond motifs is 3. The lowest BCUT2D eigenvalue weighted by molar-refractivity contribution is -0.0481. The van der Waals surface area contributed by atoms with Crippen LogP contribution in [0.5, 0.6) is 0 Å². The molecule has 0 aromatic heterocycles. The van der Waals surface area contributed by atoms with Gasteiger partial charge in [-0.2, -0.15) is 0 Å². The van der Waals surface area contributed by atoms with Gasteiger partial charge in [-0.15, -0.1) is 0 Å². The Hall–Kier alpha value is -0.970. The first kappa shape index (κ1) is 13.0. The van der Waals surface area contributed by atoms with Crippen LogP contribution in [0.25, 0.3) is 0 Å². The Morgan fingerprint density at radius 2 is 1.89 bits per heavy atom. The van der Waals surface area contributed by atoms with Crippen LogP contribution >= 0.6 is 0 Å². The number of aliphatic hydroxyl groups is 1. The van der Waals surface area contributed by atoms with E-state index in [0.29, 0.717) is 5.56 Å². The van der Waals surface area contributed by atoms with Crippen molar-refractivity contribution in [1.29, 1.82) is 0 Å². The molecule has 3 aliphatic rings. The number of aliphatic hydroxyl groups excluding tert-OH is 1. The lowest BCUT2D eigenvalue weighted by Crippen LogP contribution is -2.62. The molecule has 0 aliphatic carbocycles. The first-order chi connectivity index (χ1) is 9.06. The van der Waals surface area contributed by atoms with Gasteiger partial charge in [-0.1, -0.05) is 6.07 Å². The fourth-order valence-electron chi connectivity index (χ4n) is 3.45. The number of benzene rings is 1. The molecular formula is C15H21FN2O. The maximum absolute atomic E-state index is 14.2. The van der Waals surface area contributed by atoms with Crippen molar-refractivity contribution in [1.82, 2.24) is 9.80 Å². The zero-order valence-electron chi connectivity index (χ0n) is 11.6. The van der Waals surface area contributed by atoms with Gasteiger partial charge in [0.05, 0.1) is 12.1 Å². The maximum Gasteiger partial charge on any atom is 0.129 e. The van der Waals surface area contributed by atoms with E-state index in [2.05, 4.69) is 9.80 Å². The number of hydrogen-bond acceptors (Lipinski definition) is 3. The number of nitrogens with zero attached hydrogens (tertiary/aromatic N) is 2. The topological polar surface area (TPSA) is 26.7 Å². The number of aryl methyl sites for hydroxylation is 2. The Labute approximate surface area is 113 Å². The molecule has 0 amide bonds. The van der Waals surface area contributed by atoms with Crippen LogP contribution in [0.1, 0.15) is 22.8 Å². The van der Waals surface area contributed by atoms with Crippen LogP contribution < -0.4 is 0 Å². The van der Waals surface area contributed by atoms with Crippen LogP contribution in [0, 0.1) is 19.7 Å². The molecule has 4 rings (SSSR count). The van der Waals surface area contributed by atoms with Gasteiger partial charge >= 0.3 is 0 Å². The molecule has 1 aromatic carbocycles. The summed E-state index contributed by atoms with van der Waals surface area (Å²) in [5.41, 5.74) is 2.23. The van der Waals surface area contributed by atoms with E-state index in [0.717, 1.165) is 43.9 Å². The Bertz CT molecular complexity index is 460. The quantitative estimate of drug-likeness (QED) is 0.876. The van der Waals surface area contributed by atoms with Crippen LogP contribution in [0.2, 0.25) is 0 Å². The SMILES string of the molecule is Cc1cc(C)c(C(O)C2CN3CCN2CC3)c(F)c1. The summed E-state index contributed by atoms with van der Waals surface area (Å²) in [6.45, 7) is 8.70. The fraction of sp³-hybridized carbons (Fsp3) is 0.600. The number of halogens is 1. The number of rotatable bonds is 2. The minimum atomic E-state index is -0.733. The van der Waals surface area contributed by atoms with E-state index in [1.165, 1.54) is 6.07 Å². The lowest BCUT2D eigenvalue weighted by Gasteiger charge is -2.49. The van der Waals surface area contributed by atoms with E-state index in [-0.39, 0.29) is 11.9 Å². The van der Waals surface area contributed by atoms with Crippen LogP contribution in [0.4, 0.5) is 4.39 Å². The van der Waals surface area contributed by atoms with Gasteiger partial charge in [-0.05, 0) is 31.0 Å². The molecule has 0 saturated carbocycles. The van der Waals surface area contributed by atoms with Gasteiger partial charge in [-0.25, -0.2) is 4.39 Å². The fourth-order valence-corrected chi connectivity index (χ4v) is 3.45. The van der Waals surface area contributed by atoms with Gasteiger partial charge in [-0.3, -0.25) is 9.80 Å². The minimum absolute atomic E-state index is 0.0263. The molecule has 0 spiro atoms. The highest BCUT2D eigenvalue weighted by molar-refractivity contribution is 5.34. The van der Waals surface area contributed by atoms with Gasteiger partial charge in [0.2, 0.25) is 0 Å². The number of hydrogen-bond donors (Lipinski definition) is 1. The Morgan fingerprint density at radius 1 is 1.21 bits per heavy atom. The highest BCUT2D eigenvalue weighted by Crippen LogP contribution is 2.31. The Kier molecular flexibility index (Phi) is 3.33. The molecule has 2 bridgehead atoms. The van der Waals surface area contributed by atoms with Crippen molar-refractivity contribution in [3.63, 3.8) is 0 Å². The summed E-state index contributed by atoms with van der Waals surface area (Å²) < 4.78 is 14.2. The van der Waals surface area contributed by atoms with E-state index in [9.17, 15) is 9.50 Å². The van der Waals surface area contributed by atoms with Gasteiger partial charge in [0, 0.05) is 38.3 Å². The molecular weight excluding hydrogens is 243 g/mol. The average molecular weight is 264 g/mol. The van der Waals surface area contributed by atoms with Crippen molar-refractivity contribution in [2.24, 2.45) is 0 Å². The third-order valence-corrected chi connectivity index (χ3v) is 4.46. The average Bonchev–Trinajstić information content (AvgIpc) is 2.38. The second-order valence-corrected chi connectivity index (χ2v) is 5.83. The first-order valence-corrected chi connectivity index (χ1v) is 6.97. The molecule has 3 nitrogen and oxygen atoms in total. The highest BCUT2D eigenvalue weighted by Gasteiger charge is 2.37. The third-order valence-electron chi connectivity index (χ3n) is 4.46. The number of piperazine rings is 3. The smallest absolute Gasteiger partial charge is 0.129 e. The first-order valence-electron chi connectivity index (χ1n) is 6.97. The maximum atomic E-state index is 14.2. The van der Waals surface area contributed by atoms with Crippen molar-refractivity contribution < 1.29 is 9.50 Å². The van der Waals surface area contributed by atoms with Gasteiger partial charge in [0.1, 0.15) is 5.82 Å². The summed E-state index contributed by atoms with van der Waals surface area (Å²) in [6, 6.07) is 3.49. The monoisotopic (exact) mass is 264 g/mol. The second kappa shape index (κ2) is 4.85. The second-order valence-electron chi connectivity index (χ2n) is 5.83. The Morgan fingerprint density at radius 3 is 2.42 bits per heavy atom. The van der Waals surface area contributed by atoms with E-state index in [1.807, 2.05) is 19.9 Å². The van der Waals surface area contributed by atoms with E-state index < -0.39 is 6.10 Å². The molecule has 1 aromatic rings. The van der Waals surface area contributed by atoms with E-state index >= 15 is 0 Å². The summed E-state index contributed by atoms with van der Waals surface area (Å²) in [4.78, 5) is 4.65. The van der Waals surface area contributed by atoms with Gasteiger partial charge in [0.25, 0.3) is 0 Å². The minimum Gasteiger partial charge on any atom is -0.387 e. The molecule has 3 saturated heterocycles. The van der Waals surface area contributed by atoms with Crippen molar-refractivity contribution in [3.05, 3.63) is 34.6 Å². The molecule has 3 aliphatic heterocycles. The van der Waals surface area contributed by atoms with Crippen LogP contribution in [0.15, 0.2) is 12.1 Å². The third kappa shape index (κ3) is 2.29. The van der Waals surface area contributed by atoms with Crippen LogP contribution in [-0.4, -0.2) is 53.7 Å². The summed E-state index contributed by atoms with van der Waals surface area (Å²) in [5, 5.41) is 10.6. The Balaban J connectivity index is 1.90. The normalized spacial score (nSPS) is 31.5. The zero-order valence-corrected chi connectivity index (χ0v) is 11.6. The van der Waals surface area contributed by atoms with Gasteiger partial charge < -0.3 is 5.11 Å². The van der Waals surface area contributed by atoms with Crippen molar-refractivity contribution >= 4 is 0 Å². The highest BCUT2D eigenvalue weighted by atomic mass is 19.1.